The van der Waals surface area contributed by atoms with E-state index in [1.165, 1.54) is 7.11 Å². The number of hydrogen-bond acceptors (Lipinski definition) is 3. The predicted octanol–water partition coefficient (Wildman–Crippen LogP) is 0.299. The highest BCUT2D eigenvalue weighted by atomic mass is 16.5. The summed E-state index contributed by atoms with van der Waals surface area (Å²) in [6.07, 6.45) is 0. The van der Waals surface area contributed by atoms with Crippen molar-refractivity contribution in [2.45, 2.75) is 13.8 Å². The first-order valence-corrected chi connectivity index (χ1v) is 3.69. The van der Waals surface area contributed by atoms with Crippen molar-refractivity contribution in [3.63, 3.8) is 0 Å². The summed E-state index contributed by atoms with van der Waals surface area (Å²) in [6, 6.07) is 2.08. The third-order valence-corrected chi connectivity index (χ3v) is 1.31. The van der Waals surface area contributed by atoms with E-state index in [0.29, 0.717) is 6.54 Å². The molecule has 0 fully saturated rings. The lowest BCUT2D eigenvalue weighted by molar-refractivity contribution is -0.125. The van der Waals surface area contributed by atoms with Gasteiger partial charge in [-0.1, -0.05) is 0 Å². The van der Waals surface area contributed by atoms with Crippen LogP contribution in [0.4, 0.5) is 0 Å². The Morgan fingerprint density at radius 1 is 1.67 bits per heavy atom. The molecule has 1 N–H and O–H groups in total. The minimum Gasteiger partial charge on any atom is -0.375 e. The third-order valence-electron chi connectivity index (χ3n) is 1.31. The van der Waals surface area contributed by atoms with Crippen molar-refractivity contribution < 1.29 is 9.53 Å². The van der Waals surface area contributed by atoms with Gasteiger partial charge in [0.15, 0.2) is 0 Å². The zero-order chi connectivity index (χ0) is 9.61. The number of methoxy groups -OCH3 is 1. The average molecular weight is 170 g/mol. The summed E-state index contributed by atoms with van der Waals surface area (Å²) >= 11 is 0. The van der Waals surface area contributed by atoms with E-state index in [-0.39, 0.29) is 12.5 Å². The van der Waals surface area contributed by atoms with Crippen LogP contribution in [0.25, 0.3) is 0 Å². The number of carbonyl (C=O) groups excluding carboxylic acids is 1. The van der Waals surface area contributed by atoms with Gasteiger partial charge in [0.1, 0.15) is 6.61 Å². The smallest absolute Gasteiger partial charge is 0.246 e. The van der Waals surface area contributed by atoms with E-state index in [4.69, 9.17) is 5.26 Å². The van der Waals surface area contributed by atoms with Crippen molar-refractivity contribution in [3.05, 3.63) is 0 Å². The number of nitrogens with zero attached hydrogens (tertiary/aromatic N) is 1. The molecule has 0 unspecified atom stereocenters. The van der Waals surface area contributed by atoms with Crippen LogP contribution in [0.5, 0.6) is 0 Å². The normalized spacial score (nSPS) is 10.5. The minimum absolute atomic E-state index is 0.0432. The molecule has 0 saturated carbocycles. The van der Waals surface area contributed by atoms with Crippen LogP contribution >= 0.6 is 0 Å². The largest absolute Gasteiger partial charge is 0.375 e. The van der Waals surface area contributed by atoms with Crippen LogP contribution in [0.2, 0.25) is 0 Å². The highest BCUT2D eigenvalue weighted by molar-refractivity contribution is 5.77. The zero-order valence-electron chi connectivity index (χ0n) is 7.68. The topological polar surface area (TPSA) is 62.1 Å². The molecular weight excluding hydrogens is 156 g/mol. The Hall–Kier alpha value is -1.08. The molecule has 0 aliphatic carbocycles. The van der Waals surface area contributed by atoms with Gasteiger partial charge in [0.2, 0.25) is 5.91 Å². The summed E-state index contributed by atoms with van der Waals surface area (Å²) in [5, 5.41) is 11.2. The van der Waals surface area contributed by atoms with Crippen LogP contribution < -0.4 is 5.32 Å². The third kappa shape index (κ3) is 4.69. The summed E-state index contributed by atoms with van der Waals surface area (Å²) in [7, 11) is 1.45. The molecule has 0 aromatic rings. The van der Waals surface area contributed by atoms with Crippen molar-refractivity contribution in [1.29, 1.82) is 5.26 Å². The first-order chi connectivity index (χ1) is 5.52. The zero-order valence-corrected chi connectivity index (χ0v) is 7.68. The second kappa shape index (κ2) is 4.73. The van der Waals surface area contributed by atoms with Crippen molar-refractivity contribution in [1.82, 2.24) is 5.32 Å². The van der Waals surface area contributed by atoms with Gasteiger partial charge in [-0.15, -0.1) is 0 Å². The van der Waals surface area contributed by atoms with E-state index in [1.54, 1.807) is 13.8 Å². The number of nitriles is 1. The molecule has 0 radical (unpaired) electrons. The molecule has 0 aliphatic heterocycles. The summed E-state index contributed by atoms with van der Waals surface area (Å²) < 4.78 is 4.61. The summed E-state index contributed by atoms with van der Waals surface area (Å²) in [5.41, 5.74) is -0.511. The molecule has 0 aromatic carbocycles. The number of amides is 1. The lowest BCUT2D eigenvalue weighted by Gasteiger charge is -2.15. The number of ether oxygens (including phenoxy) is 1. The van der Waals surface area contributed by atoms with E-state index in [2.05, 4.69) is 16.1 Å². The molecule has 0 atom stereocenters. The van der Waals surface area contributed by atoms with Gasteiger partial charge in [0.25, 0.3) is 0 Å². The van der Waals surface area contributed by atoms with E-state index < -0.39 is 5.41 Å². The second-order valence-corrected chi connectivity index (χ2v) is 3.21. The SMILES string of the molecule is COCC(=O)NCC(C)(C)C#N. The van der Waals surface area contributed by atoms with E-state index in [9.17, 15) is 4.79 Å². The van der Waals surface area contributed by atoms with Crippen LogP contribution in [0.15, 0.2) is 0 Å². The molecule has 0 aliphatic rings. The molecule has 0 saturated heterocycles. The lowest BCUT2D eigenvalue weighted by Crippen LogP contribution is -2.35. The van der Waals surface area contributed by atoms with Crippen molar-refractivity contribution in [3.8, 4) is 6.07 Å². The second-order valence-electron chi connectivity index (χ2n) is 3.21. The fraction of sp³-hybridized carbons (Fsp3) is 0.750. The van der Waals surface area contributed by atoms with Crippen molar-refractivity contribution in [2.75, 3.05) is 20.3 Å². The molecule has 1 amide bonds. The molecule has 4 nitrogen and oxygen atoms in total. The highest BCUT2D eigenvalue weighted by Crippen LogP contribution is 2.09. The number of carbonyl (C=O) groups is 1. The van der Waals surface area contributed by atoms with Gasteiger partial charge in [-0.3, -0.25) is 4.79 Å². The number of rotatable bonds is 4. The fourth-order valence-electron chi connectivity index (χ4n) is 0.541. The van der Waals surface area contributed by atoms with Gasteiger partial charge in [0.05, 0.1) is 11.5 Å². The van der Waals surface area contributed by atoms with Crippen LogP contribution in [-0.2, 0) is 9.53 Å². The van der Waals surface area contributed by atoms with Gasteiger partial charge < -0.3 is 10.1 Å². The van der Waals surface area contributed by atoms with Gasteiger partial charge in [0, 0.05) is 13.7 Å². The van der Waals surface area contributed by atoms with Crippen molar-refractivity contribution >= 4 is 5.91 Å². The summed E-state index contributed by atoms with van der Waals surface area (Å²) in [5.74, 6) is -0.194. The number of nitrogens with one attached hydrogen (secondary N) is 1. The lowest BCUT2D eigenvalue weighted by atomic mass is 9.96. The standard InChI is InChI=1S/C8H14N2O2/c1-8(2,5-9)6-10-7(11)4-12-3/h4,6H2,1-3H3,(H,10,11). The maximum Gasteiger partial charge on any atom is 0.246 e. The highest BCUT2D eigenvalue weighted by Gasteiger charge is 2.17. The Morgan fingerprint density at radius 3 is 2.67 bits per heavy atom. The van der Waals surface area contributed by atoms with Gasteiger partial charge in [-0.25, -0.2) is 0 Å². The van der Waals surface area contributed by atoms with Gasteiger partial charge in [-0.05, 0) is 13.8 Å². The molecule has 0 bridgehead atoms. The average Bonchev–Trinajstić information content (AvgIpc) is 2.02. The monoisotopic (exact) mass is 170 g/mol. The summed E-state index contributed by atoms with van der Waals surface area (Å²) in [4.78, 5) is 10.9. The first-order valence-electron chi connectivity index (χ1n) is 3.69. The van der Waals surface area contributed by atoms with E-state index in [1.807, 2.05) is 0 Å². The Bertz CT molecular complexity index is 194. The maximum absolute atomic E-state index is 10.9. The quantitative estimate of drug-likeness (QED) is 0.660. The fourth-order valence-corrected chi connectivity index (χ4v) is 0.541. The van der Waals surface area contributed by atoms with Crippen LogP contribution in [-0.4, -0.2) is 26.2 Å². The Morgan fingerprint density at radius 2 is 2.25 bits per heavy atom. The molecule has 0 rings (SSSR count). The molecular formula is C8H14N2O2. The summed E-state index contributed by atoms with van der Waals surface area (Å²) in [6.45, 7) is 3.92. The minimum atomic E-state index is -0.511. The molecule has 68 valence electrons. The Kier molecular flexibility index (Phi) is 4.30. The molecule has 4 heteroatoms. The van der Waals surface area contributed by atoms with Gasteiger partial charge >= 0.3 is 0 Å². The van der Waals surface area contributed by atoms with Crippen LogP contribution in [0.3, 0.4) is 0 Å². The van der Waals surface area contributed by atoms with Gasteiger partial charge in [-0.2, -0.15) is 5.26 Å². The molecule has 0 aromatic heterocycles. The van der Waals surface area contributed by atoms with E-state index in [0.717, 1.165) is 0 Å². The first kappa shape index (κ1) is 10.9. The Balaban J connectivity index is 3.70. The molecule has 0 spiro atoms. The Labute approximate surface area is 72.5 Å². The van der Waals surface area contributed by atoms with E-state index >= 15 is 0 Å². The maximum atomic E-state index is 10.9. The number of hydrogen-bond donors (Lipinski definition) is 1. The van der Waals surface area contributed by atoms with Crippen LogP contribution in [0, 0.1) is 16.7 Å². The predicted molar refractivity (Wildman–Crippen MR) is 44.3 cm³/mol. The molecule has 12 heavy (non-hydrogen) atoms. The molecule has 0 heterocycles. The van der Waals surface area contributed by atoms with Crippen LogP contribution in [0.1, 0.15) is 13.8 Å². The van der Waals surface area contributed by atoms with Crippen molar-refractivity contribution in [2.24, 2.45) is 5.41 Å².